The summed E-state index contributed by atoms with van der Waals surface area (Å²) in [5.41, 5.74) is 2.24. The standard InChI is InChI=1S/C11H17NO2/c1-7-8(10(13)14)6-9(12(7)5)11(2,3)4/h6H,1-5H3,(H,13,14). The summed E-state index contributed by atoms with van der Waals surface area (Å²) in [4.78, 5) is 10.9. The minimum Gasteiger partial charge on any atom is -0.478 e. The van der Waals surface area contributed by atoms with Gasteiger partial charge in [-0.25, -0.2) is 4.79 Å². The van der Waals surface area contributed by atoms with E-state index in [0.29, 0.717) is 5.56 Å². The Morgan fingerprint density at radius 1 is 1.43 bits per heavy atom. The minimum atomic E-state index is -0.853. The summed E-state index contributed by atoms with van der Waals surface area (Å²) in [7, 11) is 1.91. The average molecular weight is 195 g/mol. The molecule has 0 unspecified atom stereocenters. The van der Waals surface area contributed by atoms with Gasteiger partial charge in [-0.05, 0) is 13.0 Å². The lowest BCUT2D eigenvalue weighted by Gasteiger charge is -2.19. The summed E-state index contributed by atoms with van der Waals surface area (Å²) in [6.45, 7) is 8.06. The van der Waals surface area contributed by atoms with Crippen LogP contribution in [0.5, 0.6) is 0 Å². The summed E-state index contributed by atoms with van der Waals surface area (Å²) in [5, 5.41) is 8.96. The maximum Gasteiger partial charge on any atom is 0.337 e. The number of rotatable bonds is 1. The van der Waals surface area contributed by atoms with Gasteiger partial charge in [0.2, 0.25) is 0 Å². The highest BCUT2D eigenvalue weighted by atomic mass is 16.4. The third kappa shape index (κ3) is 1.67. The van der Waals surface area contributed by atoms with Crippen molar-refractivity contribution in [3.8, 4) is 0 Å². The molecule has 1 rings (SSSR count). The molecule has 3 heteroatoms. The highest BCUT2D eigenvalue weighted by Gasteiger charge is 2.22. The average Bonchev–Trinajstić information content (AvgIpc) is 2.28. The quantitative estimate of drug-likeness (QED) is 0.747. The Morgan fingerprint density at radius 3 is 2.14 bits per heavy atom. The van der Waals surface area contributed by atoms with E-state index in [2.05, 4.69) is 20.8 Å². The molecule has 1 aromatic heterocycles. The third-order valence-electron chi connectivity index (χ3n) is 2.53. The number of aromatic nitrogens is 1. The van der Waals surface area contributed by atoms with Gasteiger partial charge in [0.25, 0.3) is 0 Å². The van der Waals surface area contributed by atoms with Crippen LogP contribution >= 0.6 is 0 Å². The van der Waals surface area contributed by atoms with E-state index in [4.69, 9.17) is 5.11 Å². The first kappa shape index (κ1) is 10.8. The molecular formula is C11H17NO2. The first-order valence-corrected chi connectivity index (χ1v) is 4.65. The fraction of sp³-hybridized carbons (Fsp3) is 0.545. The summed E-state index contributed by atoms with van der Waals surface area (Å²) < 4.78 is 1.95. The van der Waals surface area contributed by atoms with Crippen molar-refractivity contribution in [3.05, 3.63) is 23.0 Å². The van der Waals surface area contributed by atoms with Gasteiger partial charge in [-0.2, -0.15) is 0 Å². The van der Waals surface area contributed by atoms with Crippen LogP contribution in [0.2, 0.25) is 0 Å². The van der Waals surface area contributed by atoms with Crippen molar-refractivity contribution in [1.82, 2.24) is 4.57 Å². The van der Waals surface area contributed by atoms with Crippen molar-refractivity contribution >= 4 is 5.97 Å². The lowest BCUT2D eigenvalue weighted by Crippen LogP contribution is -2.16. The lowest BCUT2D eigenvalue weighted by atomic mass is 9.92. The topological polar surface area (TPSA) is 42.2 Å². The van der Waals surface area contributed by atoms with Gasteiger partial charge >= 0.3 is 5.97 Å². The Labute approximate surface area is 84.4 Å². The van der Waals surface area contributed by atoms with Crippen LogP contribution in [0.25, 0.3) is 0 Å². The van der Waals surface area contributed by atoms with E-state index >= 15 is 0 Å². The van der Waals surface area contributed by atoms with E-state index in [1.165, 1.54) is 0 Å². The molecule has 0 bridgehead atoms. The summed E-state index contributed by atoms with van der Waals surface area (Å²) >= 11 is 0. The van der Waals surface area contributed by atoms with Gasteiger partial charge < -0.3 is 9.67 Å². The molecule has 3 nitrogen and oxygen atoms in total. The second-order valence-electron chi connectivity index (χ2n) is 4.64. The normalized spacial score (nSPS) is 11.8. The highest BCUT2D eigenvalue weighted by molar-refractivity contribution is 5.89. The number of aromatic carboxylic acids is 1. The molecule has 78 valence electrons. The molecule has 0 aliphatic carbocycles. The second kappa shape index (κ2) is 3.15. The van der Waals surface area contributed by atoms with Gasteiger partial charge in [0.15, 0.2) is 0 Å². The number of nitrogens with zero attached hydrogens (tertiary/aromatic N) is 1. The van der Waals surface area contributed by atoms with Crippen molar-refractivity contribution < 1.29 is 9.90 Å². The molecule has 0 aliphatic heterocycles. The van der Waals surface area contributed by atoms with Crippen LogP contribution in [-0.4, -0.2) is 15.6 Å². The van der Waals surface area contributed by atoms with Gasteiger partial charge in [0.05, 0.1) is 5.56 Å². The Bertz CT molecular complexity index is 369. The zero-order valence-electron chi connectivity index (χ0n) is 9.38. The number of hydrogen-bond acceptors (Lipinski definition) is 1. The van der Waals surface area contributed by atoms with E-state index in [1.54, 1.807) is 6.07 Å². The Morgan fingerprint density at radius 2 is 1.93 bits per heavy atom. The van der Waals surface area contributed by atoms with E-state index in [1.807, 2.05) is 18.5 Å². The van der Waals surface area contributed by atoms with Crippen LogP contribution < -0.4 is 0 Å². The largest absolute Gasteiger partial charge is 0.478 e. The van der Waals surface area contributed by atoms with E-state index < -0.39 is 5.97 Å². The number of carboxylic acids is 1. The molecule has 0 radical (unpaired) electrons. The fourth-order valence-corrected chi connectivity index (χ4v) is 1.64. The van der Waals surface area contributed by atoms with E-state index in [9.17, 15) is 4.79 Å². The maximum atomic E-state index is 10.9. The van der Waals surface area contributed by atoms with Crippen molar-refractivity contribution in [2.24, 2.45) is 7.05 Å². The Kier molecular flexibility index (Phi) is 2.44. The number of carboxylic acid groups (broad SMARTS) is 1. The molecule has 1 aromatic rings. The Hall–Kier alpha value is -1.25. The van der Waals surface area contributed by atoms with Gasteiger partial charge in [-0.1, -0.05) is 20.8 Å². The van der Waals surface area contributed by atoms with E-state index in [0.717, 1.165) is 11.4 Å². The van der Waals surface area contributed by atoms with Crippen LogP contribution in [0.4, 0.5) is 0 Å². The second-order valence-corrected chi connectivity index (χ2v) is 4.64. The molecular weight excluding hydrogens is 178 g/mol. The summed E-state index contributed by atoms with van der Waals surface area (Å²) in [6.07, 6.45) is 0. The van der Waals surface area contributed by atoms with Crippen LogP contribution in [0, 0.1) is 6.92 Å². The summed E-state index contributed by atoms with van der Waals surface area (Å²) in [5.74, 6) is -0.853. The van der Waals surface area contributed by atoms with Gasteiger partial charge in [0.1, 0.15) is 0 Å². The van der Waals surface area contributed by atoms with Crippen LogP contribution in [-0.2, 0) is 12.5 Å². The molecule has 1 heterocycles. The molecule has 1 N–H and O–H groups in total. The number of hydrogen-bond donors (Lipinski definition) is 1. The third-order valence-corrected chi connectivity index (χ3v) is 2.53. The Balaban J connectivity index is 3.37. The lowest BCUT2D eigenvalue weighted by molar-refractivity contribution is 0.0696. The molecule has 0 aliphatic rings. The molecule has 0 saturated carbocycles. The smallest absolute Gasteiger partial charge is 0.337 e. The first-order valence-electron chi connectivity index (χ1n) is 4.65. The van der Waals surface area contributed by atoms with Crippen LogP contribution in [0.1, 0.15) is 42.5 Å². The molecule has 0 amide bonds. The predicted molar refractivity (Wildman–Crippen MR) is 55.8 cm³/mol. The van der Waals surface area contributed by atoms with Gasteiger partial charge in [0, 0.05) is 23.9 Å². The molecule has 0 aromatic carbocycles. The number of carbonyl (C=O) groups is 1. The highest BCUT2D eigenvalue weighted by Crippen LogP contribution is 2.26. The van der Waals surface area contributed by atoms with Gasteiger partial charge in [-0.3, -0.25) is 0 Å². The minimum absolute atomic E-state index is 0.0206. The molecule has 0 atom stereocenters. The SMILES string of the molecule is Cc1c(C(=O)O)cc(C(C)(C)C)n1C. The van der Waals surface area contributed by atoms with Crippen molar-refractivity contribution in [3.63, 3.8) is 0 Å². The zero-order chi connectivity index (χ0) is 11.1. The monoisotopic (exact) mass is 195 g/mol. The zero-order valence-corrected chi connectivity index (χ0v) is 9.38. The van der Waals surface area contributed by atoms with Crippen LogP contribution in [0.3, 0.4) is 0 Å². The van der Waals surface area contributed by atoms with Crippen molar-refractivity contribution in [1.29, 1.82) is 0 Å². The van der Waals surface area contributed by atoms with Gasteiger partial charge in [-0.15, -0.1) is 0 Å². The first-order chi connectivity index (χ1) is 6.25. The molecule has 0 saturated heterocycles. The van der Waals surface area contributed by atoms with Crippen LogP contribution in [0.15, 0.2) is 6.07 Å². The molecule has 0 fully saturated rings. The molecule has 14 heavy (non-hydrogen) atoms. The molecule has 0 spiro atoms. The van der Waals surface area contributed by atoms with E-state index in [-0.39, 0.29) is 5.41 Å². The fourth-order valence-electron chi connectivity index (χ4n) is 1.64. The maximum absolute atomic E-state index is 10.9. The predicted octanol–water partition coefficient (Wildman–Crippen LogP) is 2.33. The van der Waals surface area contributed by atoms with Crippen molar-refractivity contribution in [2.75, 3.05) is 0 Å². The summed E-state index contributed by atoms with van der Waals surface area (Å²) in [6, 6.07) is 1.76. The van der Waals surface area contributed by atoms with Crippen molar-refractivity contribution in [2.45, 2.75) is 33.1 Å².